The van der Waals surface area contributed by atoms with Crippen LogP contribution in [0.15, 0.2) is 29.6 Å². The molecule has 0 radical (unpaired) electrons. The van der Waals surface area contributed by atoms with Crippen molar-refractivity contribution >= 4 is 27.4 Å². The van der Waals surface area contributed by atoms with Gasteiger partial charge in [0.1, 0.15) is 5.82 Å². The van der Waals surface area contributed by atoms with E-state index < -0.39 is 0 Å². The van der Waals surface area contributed by atoms with Crippen molar-refractivity contribution < 1.29 is 0 Å². The van der Waals surface area contributed by atoms with Gasteiger partial charge >= 0.3 is 0 Å². The van der Waals surface area contributed by atoms with Crippen molar-refractivity contribution in [3.8, 4) is 11.4 Å². The number of thiophene rings is 1. The van der Waals surface area contributed by atoms with Gasteiger partial charge in [-0.25, -0.2) is 4.98 Å². The number of nitrogen functional groups attached to an aromatic ring is 1. The monoisotopic (exact) mass is 269 g/mol. The van der Waals surface area contributed by atoms with Gasteiger partial charge in [0.05, 0.1) is 21.6 Å². The minimum absolute atomic E-state index is 0.599. The summed E-state index contributed by atoms with van der Waals surface area (Å²) in [5.41, 5.74) is 10.7. The van der Waals surface area contributed by atoms with Crippen LogP contribution >= 0.6 is 11.3 Å². The van der Waals surface area contributed by atoms with Crippen molar-refractivity contribution in [3.63, 3.8) is 0 Å². The van der Waals surface area contributed by atoms with Gasteiger partial charge in [0.25, 0.3) is 0 Å². The second-order valence-electron chi connectivity index (χ2n) is 5.23. The van der Waals surface area contributed by atoms with Crippen LogP contribution in [0.5, 0.6) is 0 Å². The largest absolute Gasteiger partial charge is 0.390 e. The smallest absolute Gasteiger partial charge is 0.144 e. The molecule has 2 heterocycles. The zero-order chi connectivity index (χ0) is 13.0. The van der Waals surface area contributed by atoms with Gasteiger partial charge in [-0.15, -0.1) is 11.3 Å². The van der Waals surface area contributed by atoms with Crippen LogP contribution in [-0.4, -0.2) is 9.55 Å². The standard InChI is InChI=1S/C15H15N3S/c1-9-2-5-13-12(8-9)17-15(18(13)10-3-4-10)11-6-7-19-14(11)16/h2,5-8,10H,3-4,16H2,1H3. The molecule has 0 saturated heterocycles. The van der Waals surface area contributed by atoms with E-state index in [0.717, 1.165) is 21.9 Å². The zero-order valence-corrected chi connectivity index (χ0v) is 11.6. The Bertz CT molecular complexity index is 765. The maximum Gasteiger partial charge on any atom is 0.144 e. The highest BCUT2D eigenvalue weighted by Gasteiger charge is 2.29. The Kier molecular flexibility index (Phi) is 2.23. The highest BCUT2D eigenvalue weighted by molar-refractivity contribution is 7.14. The summed E-state index contributed by atoms with van der Waals surface area (Å²) in [5.74, 6) is 1.03. The highest BCUT2D eigenvalue weighted by Crippen LogP contribution is 2.43. The van der Waals surface area contributed by atoms with Crippen LogP contribution in [0, 0.1) is 6.92 Å². The third kappa shape index (κ3) is 1.67. The number of aryl methyl sites for hydroxylation is 1. The Labute approximate surface area is 115 Å². The summed E-state index contributed by atoms with van der Waals surface area (Å²) in [6.07, 6.45) is 2.49. The Balaban J connectivity index is 2.04. The zero-order valence-electron chi connectivity index (χ0n) is 10.8. The molecule has 3 nitrogen and oxygen atoms in total. The minimum atomic E-state index is 0.599. The van der Waals surface area contributed by atoms with Crippen molar-refractivity contribution in [2.24, 2.45) is 0 Å². The average Bonchev–Trinajstić information content (AvgIpc) is 3.03. The Hall–Kier alpha value is -1.81. The van der Waals surface area contributed by atoms with E-state index in [0.29, 0.717) is 6.04 Å². The predicted octanol–water partition coefficient (Wildman–Crippen LogP) is 3.99. The number of benzene rings is 1. The summed E-state index contributed by atoms with van der Waals surface area (Å²) in [6.45, 7) is 2.11. The van der Waals surface area contributed by atoms with Gasteiger partial charge in [0.15, 0.2) is 0 Å². The Morgan fingerprint density at radius 1 is 1.32 bits per heavy atom. The van der Waals surface area contributed by atoms with Gasteiger partial charge in [-0.05, 0) is 48.9 Å². The van der Waals surface area contributed by atoms with Gasteiger partial charge in [0.2, 0.25) is 0 Å². The summed E-state index contributed by atoms with van der Waals surface area (Å²) in [4.78, 5) is 4.83. The van der Waals surface area contributed by atoms with E-state index in [1.807, 2.05) is 5.38 Å². The van der Waals surface area contributed by atoms with Crippen molar-refractivity contribution in [3.05, 3.63) is 35.2 Å². The SMILES string of the molecule is Cc1ccc2c(c1)nc(-c1ccsc1N)n2C1CC1. The number of aromatic nitrogens is 2. The lowest BCUT2D eigenvalue weighted by Gasteiger charge is -2.07. The molecule has 19 heavy (non-hydrogen) atoms. The Morgan fingerprint density at radius 2 is 2.16 bits per heavy atom. The van der Waals surface area contributed by atoms with Crippen molar-refractivity contribution in [1.82, 2.24) is 9.55 Å². The van der Waals surface area contributed by atoms with Gasteiger partial charge in [-0.2, -0.15) is 0 Å². The molecule has 1 aromatic carbocycles. The fourth-order valence-corrected chi connectivity index (χ4v) is 3.24. The first-order valence-corrected chi connectivity index (χ1v) is 7.44. The van der Waals surface area contributed by atoms with Crippen LogP contribution in [0.25, 0.3) is 22.4 Å². The first kappa shape index (κ1) is 11.1. The molecule has 0 aliphatic heterocycles. The molecule has 0 unspecified atom stereocenters. The van der Waals surface area contributed by atoms with E-state index in [1.54, 1.807) is 11.3 Å². The lowest BCUT2D eigenvalue weighted by Crippen LogP contribution is -1.98. The molecular weight excluding hydrogens is 254 g/mol. The first-order valence-electron chi connectivity index (χ1n) is 6.56. The van der Waals surface area contributed by atoms with Crippen molar-refractivity contribution in [2.45, 2.75) is 25.8 Å². The number of imidazole rings is 1. The number of nitrogens with zero attached hydrogens (tertiary/aromatic N) is 2. The van der Waals surface area contributed by atoms with Crippen molar-refractivity contribution in [1.29, 1.82) is 0 Å². The second-order valence-corrected chi connectivity index (χ2v) is 6.17. The van der Waals surface area contributed by atoms with Gasteiger partial charge in [-0.1, -0.05) is 6.07 Å². The fourth-order valence-electron chi connectivity index (χ4n) is 2.61. The van der Waals surface area contributed by atoms with Crippen LogP contribution in [0.2, 0.25) is 0 Å². The quantitative estimate of drug-likeness (QED) is 0.764. The van der Waals surface area contributed by atoms with Gasteiger partial charge < -0.3 is 10.3 Å². The summed E-state index contributed by atoms with van der Waals surface area (Å²) in [7, 11) is 0. The normalized spacial score (nSPS) is 15.2. The van der Waals surface area contributed by atoms with E-state index in [2.05, 4.69) is 35.8 Å². The highest BCUT2D eigenvalue weighted by atomic mass is 32.1. The van der Waals surface area contributed by atoms with Crippen LogP contribution in [0.3, 0.4) is 0 Å². The average molecular weight is 269 g/mol. The molecule has 1 aliphatic rings. The third-order valence-corrected chi connectivity index (χ3v) is 4.44. The van der Waals surface area contributed by atoms with Crippen molar-refractivity contribution in [2.75, 3.05) is 5.73 Å². The Morgan fingerprint density at radius 3 is 2.84 bits per heavy atom. The van der Waals surface area contributed by atoms with Crippen LogP contribution < -0.4 is 5.73 Å². The number of fused-ring (bicyclic) bond motifs is 1. The molecule has 4 rings (SSSR count). The molecule has 0 atom stereocenters. The number of nitrogens with two attached hydrogens (primary N) is 1. The molecule has 4 heteroatoms. The summed E-state index contributed by atoms with van der Waals surface area (Å²) < 4.78 is 2.37. The molecule has 0 bridgehead atoms. The number of anilines is 1. The first-order chi connectivity index (χ1) is 9.24. The molecule has 1 fully saturated rings. The molecule has 3 aromatic rings. The molecule has 1 saturated carbocycles. The molecule has 96 valence electrons. The van der Waals surface area contributed by atoms with E-state index in [9.17, 15) is 0 Å². The molecule has 0 spiro atoms. The molecule has 2 aromatic heterocycles. The van der Waals surface area contributed by atoms with E-state index in [4.69, 9.17) is 10.7 Å². The lowest BCUT2D eigenvalue weighted by molar-refractivity contribution is 0.776. The third-order valence-electron chi connectivity index (χ3n) is 3.69. The summed E-state index contributed by atoms with van der Waals surface area (Å²) >= 11 is 1.58. The molecule has 2 N–H and O–H groups in total. The predicted molar refractivity (Wildman–Crippen MR) is 80.5 cm³/mol. The van der Waals surface area contributed by atoms with E-state index >= 15 is 0 Å². The maximum absolute atomic E-state index is 6.08. The van der Waals surface area contributed by atoms with Crippen LogP contribution in [-0.2, 0) is 0 Å². The maximum atomic E-state index is 6.08. The van der Waals surface area contributed by atoms with Gasteiger partial charge in [0, 0.05) is 6.04 Å². The van der Waals surface area contributed by atoms with E-state index in [1.165, 1.54) is 23.9 Å². The number of hydrogen-bond donors (Lipinski definition) is 1. The van der Waals surface area contributed by atoms with Crippen LogP contribution in [0.1, 0.15) is 24.4 Å². The molecule has 0 amide bonds. The lowest BCUT2D eigenvalue weighted by atomic mass is 10.2. The second kappa shape index (κ2) is 3.84. The fraction of sp³-hybridized carbons (Fsp3) is 0.267. The summed E-state index contributed by atoms with van der Waals surface area (Å²) in [5, 5.41) is 2.89. The minimum Gasteiger partial charge on any atom is -0.390 e. The topological polar surface area (TPSA) is 43.8 Å². The molecular formula is C15H15N3S. The number of rotatable bonds is 2. The number of hydrogen-bond acceptors (Lipinski definition) is 3. The molecule has 1 aliphatic carbocycles. The van der Waals surface area contributed by atoms with E-state index in [-0.39, 0.29) is 0 Å². The van der Waals surface area contributed by atoms with Crippen LogP contribution in [0.4, 0.5) is 5.00 Å². The summed E-state index contributed by atoms with van der Waals surface area (Å²) in [6, 6.07) is 9.17. The van der Waals surface area contributed by atoms with Gasteiger partial charge in [-0.3, -0.25) is 0 Å².